The number of carbonyl (C=O) groups is 1. The summed E-state index contributed by atoms with van der Waals surface area (Å²) in [4.78, 5) is 13.1. The molecule has 68 heavy (non-hydrogen) atoms. The van der Waals surface area contributed by atoms with Crippen LogP contribution in [0.15, 0.2) is 12.2 Å². The summed E-state index contributed by atoms with van der Waals surface area (Å²) >= 11 is 0. The second kappa shape index (κ2) is 49.5. The summed E-state index contributed by atoms with van der Waals surface area (Å²) in [6.45, 7) is 3.87. The van der Waals surface area contributed by atoms with Crippen molar-refractivity contribution < 1.29 is 39.8 Å². The predicted molar refractivity (Wildman–Crippen MR) is 286 cm³/mol. The van der Waals surface area contributed by atoms with E-state index in [-0.39, 0.29) is 12.5 Å². The highest BCUT2D eigenvalue weighted by molar-refractivity contribution is 5.76. The number of aliphatic hydroxyl groups is 5. The Bertz CT molecular complexity index is 1080. The van der Waals surface area contributed by atoms with Crippen LogP contribution in [-0.4, -0.2) is 87.5 Å². The van der Waals surface area contributed by atoms with Crippen LogP contribution in [0.2, 0.25) is 0 Å². The number of nitrogens with one attached hydrogen (secondary N) is 1. The van der Waals surface area contributed by atoms with Gasteiger partial charge in [0.15, 0.2) is 6.29 Å². The fourth-order valence-corrected chi connectivity index (χ4v) is 9.87. The van der Waals surface area contributed by atoms with Crippen LogP contribution in [0, 0.1) is 0 Å². The molecule has 404 valence electrons. The van der Waals surface area contributed by atoms with E-state index in [0.29, 0.717) is 12.8 Å². The lowest BCUT2D eigenvalue weighted by molar-refractivity contribution is -0.302. The van der Waals surface area contributed by atoms with Crippen molar-refractivity contribution in [2.24, 2.45) is 0 Å². The smallest absolute Gasteiger partial charge is 0.220 e. The third-order valence-electron chi connectivity index (χ3n) is 14.6. The van der Waals surface area contributed by atoms with Crippen LogP contribution in [0.25, 0.3) is 0 Å². The topological polar surface area (TPSA) is 149 Å². The second-order valence-electron chi connectivity index (χ2n) is 21.1. The largest absolute Gasteiger partial charge is 0.394 e. The van der Waals surface area contributed by atoms with Gasteiger partial charge in [-0.25, -0.2) is 0 Å². The molecule has 1 aliphatic rings. The van der Waals surface area contributed by atoms with Crippen LogP contribution in [0.5, 0.6) is 0 Å². The summed E-state index contributed by atoms with van der Waals surface area (Å²) in [7, 11) is 0. The van der Waals surface area contributed by atoms with Crippen LogP contribution in [-0.2, 0) is 14.3 Å². The van der Waals surface area contributed by atoms with Crippen molar-refractivity contribution in [1.29, 1.82) is 0 Å². The Kier molecular flexibility index (Phi) is 47.3. The van der Waals surface area contributed by atoms with Crippen LogP contribution in [0.1, 0.15) is 303 Å². The van der Waals surface area contributed by atoms with Gasteiger partial charge in [-0.15, -0.1) is 0 Å². The molecule has 0 bridgehead atoms. The first-order valence-corrected chi connectivity index (χ1v) is 29.9. The van der Waals surface area contributed by atoms with E-state index in [4.69, 9.17) is 9.47 Å². The minimum atomic E-state index is -1.55. The second-order valence-corrected chi connectivity index (χ2v) is 21.1. The first kappa shape index (κ1) is 64.9. The maximum absolute atomic E-state index is 13.1. The van der Waals surface area contributed by atoms with E-state index in [1.807, 2.05) is 0 Å². The zero-order valence-corrected chi connectivity index (χ0v) is 44.9. The molecule has 9 nitrogen and oxygen atoms in total. The molecule has 7 atom stereocenters. The third-order valence-corrected chi connectivity index (χ3v) is 14.6. The molecule has 0 saturated carbocycles. The van der Waals surface area contributed by atoms with Crippen molar-refractivity contribution in [2.75, 3.05) is 13.2 Å². The third kappa shape index (κ3) is 38.6. The van der Waals surface area contributed by atoms with E-state index < -0.39 is 49.5 Å². The lowest BCUT2D eigenvalue weighted by Crippen LogP contribution is -2.60. The van der Waals surface area contributed by atoms with Crippen molar-refractivity contribution in [3.63, 3.8) is 0 Å². The number of hydrogen-bond acceptors (Lipinski definition) is 8. The molecule has 0 radical (unpaired) electrons. The Morgan fingerprint density at radius 2 is 0.824 bits per heavy atom. The van der Waals surface area contributed by atoms with Crippen molar-refractivity contribution in [3.05, 3.63) is 12.2 Å². The fraction of sp³-hybridized carbons (Fsp3) is 0.949. The lowest BCUT2D eigenvalue weighted by Gasteiger charge is -2.40. The average Bonchev–Trinajstić information content (AvgIpc) is 3.34. The summed E-state index contributed by atoms with van der Waals surface area (Å²) in [5.41, 5.74) is 0. The molecule has 0 aromatic heterocycles. The maximum Gasteiger partial charge on any atom is 0.220 e. The summed E-state index contributed by atoms with van der Waals surface area (Å²) in [6.07, 6.45) is 54.0. The Labute approximate surface area is 420 Å². The SMILES string of the molecule is CCCCCCCCCCCCCC/C=C\CCCCCCCCCCCCCCCCC(=O)NC(COC1OC(CO)C(O)C(O)C1O)C(O)CCCCCCCCCCCCCCCCC. The van der Waals surface area contributed by atoms with Gasteiger partial charge >= 0.3 is 0 Å². The number of allylic oxidation sites excluding steroid dienone is 2. The van der Waals surface area contributed by atoms with Crippen LogP contribution in [0.3, 0.4) is 0 Å². The van der Waals surface area contributed by atoms with E-state index in [9.17, 15) is 30.3 Å². The minimum Gasteiger partial charge on any atom is -0.394 e. The molecular weight excluding hydrogens is 851 g/mol. The molecule has 9 heteroatoms. The highest BCUT2D eigenvalue weighted by Crippen LogP contribution is 2.23. The summed E-state index contributed by atoms with van der Waals surface area (Å²) < 4.78 is 11.3. The summed E-state index contributed by atoms with van der Waals surface area (Å²) in [5.74, 6) is -0.139. The number of carbonyl (C=O) groups excluding carboxylic acids is 1. The zero-order chi connectivity index (χ0) is 49.4. The van der Waals surface area contributed by atoms with Gasteiger partial charge in [-0.05, 0) is 38.5 Å². The predicted octanol–water partition coefficient (Wildman–Crippen LogP) is 14.8. The van der Waals surface area contributed by atoms with Crippen molar-refractivity contribution in [3.8, 4) is 0 Å². The van der Waals surface area contributed by atoms with Gasteiger partial charge in [0, 0.05) is 6.42 Å². The fourth-order valence-electron chi connectivity index (χ4n) is 9.87. The van der Waals surface area contributed by atoms with Gasteiger partial charge in [0.05, 0.1) is 25.4 Å². The van der Waals surface area contributed by atoms with Crippen molar-refractivity contribution in [2.45, 2.75) is 346 Å². The zero-order valence-electron chi connectivity index (χ0n) is 44.9. The Hall–Kier alpha value is -1.07. The highest BCUT2D eigenvalue weighted by atomic mass is 16.7. The molecule has 0 aromatic carbocycles. The normalized spacial score (nSPS) is 19.5. The Morgan fingerprint density at radius 1 is 0.485 bits per heavy atom. The van der Waals surface area contributed by atoms with Crippen LogP contribution < -0.4 is 5.32 Å². The molecular formula is C59H115NO8. The summed E-state index contributed by atoms with van der Waals surface area (Å²) in [5, 5.41) is 54.6. The number of ether oxygens (including phenoxy) is 2. The molecule has 0 aromatic rings. The first-order chi connectivity index (χ1) is 33.3. The van der Waals surface area contributed by atoms with Gasteiger partial charge in [0.1, 0.15) is 24.4 Å². The monoisotopic (exact) mass is 966 g/mol. The van der Waals surface area contributed by atoms with Gasteiger partial charge in [-0.2, -0.15) is 0 Å². The number of aliphatic hydroxyl groups excluding tert-OH is 5. The first-order valence-electron chi connectivity index (χ1n) is 29.9. The Morgan fingerprint density at radius 3 is 1.19 bits per heavy atom. The van der Waals surface area contributed by atoms with Gasteiger partial charge in [-0.1, -0.05) is 270 Å². The van der Waals surface area contributed by atoms with Crippen molar-refractivity contribution in [1.82, 2.24) is 5.32 Å². The molecule has 1 heterocycles. The molecule has 0 aliphatic carbocycles. The standard InChI is InChI=1S/C59H115NO8/c1-3-5-7-9-11-13-15-17-19-20-21-22-23-24-25-26-27-28-29-30-31-32-33-35-37-39-41-43-45-47-49-55(63)60-52(51-67-59-58(66)57(65)56(64)54(50-61)68-59)53(62)48-46-44-42-40-38-36-34-18-16-14-12-10-8-6-4-2/h24-25,52-54,56-59,61-62,64-66H,3-23,26-51H2,1-2H3,(H,60,63)/b25-24-. The minimum absolute atomic E-state index is 0.133. The maximum atomic E-state index is 13.1. The number of unbranched alkanes of at least 4 members (excludes halogenated alkanes) is 40. The lowest BCUT2D eigenvalue weighted by atomic mass is 9.99. The van der Waals surface area contributed by atoms with Gasteiger partial charge in [0.25, 0.3) is 0 Å². The number of amides is 1. The highest BCUT2D eigenvalue weighted by Gasteiger charge is 2.44. The number of hydrogen-bond donors (Lipinski definition) is 6. The molecule has 1 fully saturated rings. The van der Waals surface area contributed by atoms with Gasteiger partial charge < -0.3 is 40.3 Å². The van der Waals surface area contributed by atoms with E-state index >= 15 is 0 Å². The molecule has 0 spiro atoms. The molecule has 1 saturated heterocycles. The quantitative estimate of drug-likeness (QED) is 0.0261. The van der Waals surface area contributed by atoms with E-state index in [1.165, 1.54) is 238 Å². The van der Waals surface area contributed by atoms with E-state index in [1.54, 1.807) is 0 Å². The van der Waals surface area contributed by atoms with Crippen LogP contribution >= 0.6 is 0 Å². The van der Waals surface area contributed by atoms with Gasteiger partial charge in [-0.3, -0.25) is 4.79 Å². The molecule has 1 aliphatic heterocycles. The van der Waals surface area contributed by atoms with E-state index in [2.05, 4.69) is 31.3 Å². The Balaban J connectivity index is 2.12. The summed E-state index contributed by atoms with van der Waals surface area (Å²) in [6, 6.07) is -0.715. The molecule has 1 amide bonds. The molecule has 1 rings (SSSR count). The average molecular weight is 967 g/mol. The molecule has 6 N–H and O–H groups in total. The van der Waals surface area contributed by atoms with Crippen molar-refractivity contribution >= 4 is 5.91 Å². The van der Waals surface area contributed by atoms with E-state index in [0.717, 1.165) is 38.5 Å². The van der Waals surface area contributed by atoms with Gasteiger partial charge in [0.2, 0.25) is 5.91 Å². The van der Waals surface area contributed by atoms with Crippen LogP contribution in [0.4, 0.5) is 0 Å². The molecule has 7 unspecified atom stereocenters. The number of rotatable bonds is 52.